The van der Waals surface area contributed by atoms with Crippen LogP contribution in [-0.2, 0) is 76.2 Å². The molecule has 5 rings (SSSR count). The van der Waals surface area contributed by atoms with Crippen LogP contribution in [0, 0.1) is 0 Å². The molecule has 0 bridgehead atoms. The Balaban J connectivity index is 1.12. The monoisotopic (exact) mass is 782 g/mol. The Kier molecular flexibility index (Phi) is 11.6. The number of carbonyl (C=O) groups excluding carboxylic acids is 7. The highest BCUT2D eigenvalue weighted by atomic mass is 16.8. The summed E-state index contributed by atoms with van der Waals surface area (Å²) < 4.78 is 47.7. The van der Waals surface area contributed by atoms with Crippen LogP contribution in [0.25, 0.3) is 0 Å². The van der Waals surface area contributed by atoms with E-state index >= 15 is 0 Å². The maximum absolute atomic E-state index is 12.8. The Hall–Kier alpha value is -6.59. The average molecular weight is 783 g/mol. The summed E-state index contributed by atoms with van der Waals surface area (Å²) in [6.45, 7) is 5.70. The second-order valence-corrected chi connectivity index (χ2v) is 13.2. The number of hydrogen-bond acceptors (Lipinski definition) is 18. The predicted octanol–water partition coefficient (Wildman–Crippen LogP) is 3.71. The third-order valence-corrected chi connectivity index (χ3v) is 8.91. The van der Waals surface area contributed by atoms with Crippen LogP contribution in [0.2, 0.25) is 0 Å². The lowest BCUT2D eigenvalue weighted by Gasteiger charge is -2.45. The van der Waals surface area contributed by atoms with Crippen molar-refractivity contribution in [1.82, 2.24) is 0 Å². The minimum atomic E-state index is -1.70. The molecule has 2 N–H and O–H groups in total. The maximum Gasteiger partial charge on any atom is 0.348 e. The summed E-state index contributed by atoms with van der Waals surface area (Å²) in [6, 6.07) is 0. The first-order valence-electron chi connectivity index (χ1n) is 17.3. The lowest BCUT2D eigenvalue weighted by Crippen LogP contribution is -2.56. The van der Waals surface area contributed by atoms with Gasteiger partial charge in [-0.05, 0) is 24.3 Å². The second kappa shape index (κ2) is 16.0. The summed E-state index contributed by atoms with van der Waals surface area (Å²) in [7, 11) is 0. The smallest absolute Gasteiger partial charge is 0.348 e. The van der Waals surface area contributed by atoms with Crippen molar-refractivity contribution in [2.75, 3.05) is 6.61 Å². The first kappa shape index (κ1) is 40.6. The molecule has 2 atom stereocenters. The number of cyclic esters (lactones) is 2. The number of ether oxygens (including phenoxy) is 9. The van der Waals surface area contributed by atoms with Gasteiger partial charge in [-0.3, -0.25) is 4.79 Å². The Labute approximate surface area is 318 Å². The fraction of sp³-hybridized carbons (Fsp3) is 0.395. The van der Waals surface area contributed by atoms with Crippen LogP contribution >= 0.6 is 0 Å². The average Bonchev–Trinajstić information content (AvgIpc) is 3.10. The molecule has 298 valence electrons. The molecule has 18 heteroatoms. The zero-order valence-electron chi connectivity index (χ0n) is 30.6. The molecular weight excluding hydrogens is 744 g/mol. The van der Waals surface area contributed by atoms with Crippen molar-refractivity contribution in [3.8, 4) is 0 Å². The van der Waals surface area contributed by atoms with E-state index in [9.17, 15) is 43.8 Å². The molecule has 4 heterocycles. The van der Waals surface area contributed by atoms with Crippen LogP contribution in [0.5, 0.6) is 0 Å². The van der Waals surface area contributed by atoms with E-state index in [0.717, 1.165) is 12.2 Å². The van der Waals surface area contributed by atoms with E-state index in [-0.39, 0.29) is 49.9 Å². The predicted molar refractivity (Wildman–Crippen MR) is 183 cm³/mol. The Morgan fingerprint density at radius 1 is 0.589 bits per heavy atom. The third-order valence-electron chi connectivity index (χ3n) is 8.91. The van der Waals surface area contributed by atoms with E-state index in [4.69, 9.17) is 42.6 Å². The molecule has 2 spiro atoms. The van der Waals surface area contributed by atoms with E-state index in [2.05, 4.69) is 0 Å². The Bertz CT molecular complexity index is 1920. The van der Waals surface area contributed by atoms with Gasteiger partial charge < -0.3 is 52.8 Å². The number of rotatable bonds is 10. The molecule has 0 amide bonds. The first-order valence-corrected chi connectivity index (χ1v) is 17.3. The zero-order chi connectivity index (χ0) is 40.9. The molecule has 0 radical (unpaired) electrons. The van der Waals surface area contributed by atoms with E-state index in [1.807, 2.05) is 0 Å². The zero-order valence-corrected chi connectivity index (χ0v) is 30.6. The van der Waals surface area contributed by atoms with Crippen molar-refractivity contribution >= 4 is 41.8 Å². The molecule has 5 aliphatic rings. The number of allylic oxidation sites excluding steroid dienone is 8. The van der Waals surface area contributed by atoms with E-state index in [1.165, 1.54) is 69.4 Å². The molecule has 1 saturated carbocycles. The highest BCUT2D eigenvalue weighted by Gasteiger charge is 2.56. The van der Waals surface area contributed by atoms with Gasteiger partial charge in [-0.1, -0.05) is 43.4 Å². The van der Waals surface area contributed by atoms with Crippen molar-refractivity contribution < 1.29 is 86.4 Å². The molecule has 3 fully saturated rings. The van der Waals surface area contributed by atoms with Gasteiger partial charge in [-0.15, -0.1) is 0 Å². The SMILES string of the molecule is CCC1(C)OC(=O)C(C=CC=CC=C2C(=O)OC3(CCC4(CC3)OC(=O)C(=CC=CC=CC3=C(O)OC(C)(CCOC(C)=O)OC3=O)C(=O)O4)OC2=O)=C(O)O1. The lowest BCUT2D eigenvalue weighted by atomic mass is 9.87. The normalized spacial score (nSPS) is 29.6. The van der Waals surface area contributed by atoms with E-state index in [0.29, 0.717) is 6.42 Å². The van der Waals surface area contributed by atoms with Crippen molar-refractivity contribution in [2.24, 2.45) is 0 Å². The number of aliphatic hydroxyl groups is 2. The van der Waals surface area contributed by atoms with Crippen LogP contribution in [-0.4, -0.2) is 81.8 Å². The number of esters is 7. The second-order valence-electron chi connectivity index (χ2n) is 13.2. The van der Waals surface area contributed by atoms with Gasteiger partial charge in [-0.2, -0.15) is 0 Å². The summed E-state index contributed by atoms with van der Waals surface area (Å²) in [5.41, 5.74) is -1.41. The molecule has 18 nitrogen and oxygen atoms in total. The fourth-order valence-electron chi connectivity index (χ4n) is 5.67. The first-order chi connectivity index (χ1) is 26.4. The van der Waals surface area contributed by atoms with Gasteiger partial charge in [0.15, 0.2) is 0 Å². The standard InChI is InChI=1S/C38H38O18/c1-5-35(3)49-27(40)23(28(41)50-35)12-8-6-10-14-25-31(44)53-37(54-32(25)45)16-18-38(19-17-37)55-33(46)26(34(47)56-38)15-11-7-9-13-24-29(42)51-36(4,52-30(24)43)20-21-48-22(2)39/h6-15,40,42H,5,16-21H2,1-4H3. The molecular formula is C38H38O18. The molecule has 0 aromatic carbocycles. The van der Waals surface area contributed by atoms with Gasteiger partial charge in [0, 0.05) is 52.9 Å². The topological polar surface area (TPSA) is 243 Å². The molecule has 1 aliphatic carbocycles. The van der Waals surface area contributed by atoms with Crippen molar-refractivity contribution in [2.45, 2.75) is 89.4 Å². The maximum atomic E-state index is 12.8. The Morgan fingerprint density at radius 3 is 1.36 bits per heavy atom. The van der Waals surface area contributed by atoms with Crippen LogP contribution < -0.4 is 0 Å². The molecule has 0 aromatic rings. The summed E-state index contributed by atoms with van der Waals surface area (Å²) >= 11 is 0. The van der Waals surface area contributed by atoms with Gasteiger partial charge in [0.2, 0.25) is 0 Å². The minimum Gasteiger partial charge on any atom is -0.480 e. The molecule has 2 saturated heterocycles. The highest BCUT2D eigenvalue weighted by Crippen LogP contribution is 2.45. The molecule has 56 heavy (non-hydrogen) atoms. The van der Waals surface area contributed by atoms with Crippen molar-refractivity contribution in [3.63, 3.8) is 0 Å². The van der Waals surface area contributed by atoms with Crippen LogP contribution in [0.15, 0.2) is 94.9 Å². The van der Waals surface area contributed by atoms with Gasteiger partial charge in [0.1, 0.15) is 22.3 Å². The Morgan fingerprint density at radius 2 is 0.982 bits per heavy atom. The number of carbonyl (C=O) groups is 7. The summed E-state index contributed by atoms with van der Waals surface area (Å²) in [5, 5.41) is 20.3. The number of aliphatic hydroxyl groups excluding tert-OH is 2. The minimum absolute atomic E-state index is 0.0363. The lowest BCUT2D eigenvalue weighted by molar-refractivity contribution is -0.291. The quantitative estimate of drug-likeness (QED) is 0.105. The van der Waals surface area contributed by atoms with Crippen LogP contribution in [0.3, 0.4) is 0 Å². The molecule has 2 unspecified atom stereocenters. The summed E-state index contributed by atoms with van der Waals surface area (Å²) in [5.74, 6) is -13.8. The summed E-state index contributed by atoms with van der Waals surface area (Å²) in [6.07, 6.45) is 12.2. The highest BCUT2D eigenvalue weighted by molar-refractivity contribution is 6.16. The largest absolute Gasteiger partial charge is 0.480 e. The van der Waals surface area contributed by atoms with Gasteiger partial charge in [-0.25, -0.2) is 28.8 Å². The van der Waals surface area contributed by atoms with E-state index < -0.39 is 88.0 Å². The van der Waals surface area contributed by atoms with Crippen molar-refractivity contribution in [3.05, 3.63) is 94.9 Å². The molecule has 4 aliphatic heterocycles. The van der Waals surface area contributed by atoms with E-state index in [1.54, 1.807) is 6.92 Å². The van der Waals surface area contributed by atoms with Crippen LogP contribution in [0.1, 0.15) is 66.2 Å². The fourth-order valence-corrected chi connectivity index (χ4v) is 5.67. The van der Waals surface area contributed by atoms with Crippen LogP contribution in [0.4, 0.5) is 0 Å². The van der Waals surface area contributed by atoms with Crippen molar-refractivity contribution in [1.29, 1.82) is 0 Å². The number of hydrogen-bond donors (Lipinski definition) is 2. The third kappa shape index (κ3) is 9.19. The van der Waals surface area contributed by atoms with Gasteiger partial charge in [0.05, 0.1) is 13.0 Å². The van der Waals surface area contributed by atoms with Gasteiger partial charge in [0.25, 0.3) is 35.0 Å². The molecule has 0 aromatic heterocycles. The summed E-state index contributed by atoms with van der Waals surface area (Å²) in [4.78, 5) is 86.9. The van der Waals surface area contributed by atoms with Gasteiger partial charge >= 0.3 is 41.8 Å².